The summed E-state index contributed by atoms with van der Waals surface area (Å²) in [7, 11) is 0. The maximum Gasteiger partial charge on any atom is 0.325 e. The average Bonchev–Trinajstić information content (AvgIpc) is 2.95. The van der Waals surface area contributed by atoms with Gasteiger partial charge < -0.3 is 10.2 Å². The molecule has 1 aliphatic heterocycles. The second kappa shape index (κ2) is 7.12. The lowest BCUT2D eigenvalue weighted by Crippen LogP contribution is -2.39. The van der Waals surface area contributed by atoms with E-state index in [0.717, 1.165) is 5.56 Å². The number of nitrogens with zero attached hydrogens (tertiary/aromatic N) is 2. The summed E-state index contributed by atoms with van der Waals surface area (Å²) >= 11 is 0. The summed E-state index contributed by atoms with van der Waals surface area (Å²) in [5, 5.41) is 2.79. The molecule has 6 heteroatoms. The summed E-state index contributed by atoms with van der Waals surface area (Å²) in [6.07, 6.45) is 0. The molecule has 0 atom stereocenters. The zero-order valence-electron chi connectivity index (χ0n) is 13.1. The molecule has 0 spiro atoms. The highest BCUT2D eigenvalue weighted by Gasteiger charge is 2.31. The molecule has 0 aliphatic carbocycles. The van der Waals surface area contributed by atoms with Crippen LogP contribution >= 0.6 is 0 Å². The highest BCUT2D eigenvalue weighted by atomic mass is 19.1. The normalized spacial score (nSPS) is 14.1. The number of carbonyl (C=O) groups excluding carboxylic acids is 2. The molecule has 2 aromatic rings. The zero-order valence-corrected chi connectivity index (χ0v) is 13.1. The van der Waals surface area contributed by atoms with Crippen LogP contribution in [-0.2, 0) is 11.3 Å². The highest BCUT2D eigenvalue weighted by molar-refractivity contribution is 5.96. The second-order valence-electron chi connectivity index (χ2n) is 5.57. The van der Waals surface area contributed by atoms with Crippen molar-refractivity contribution in [3.63, 3.8) is 0 Å². The van der Waals surface area contributed by atoms with Crippen LogP contribution in [0.15, 0.2) is 54.6 Å². The van der Waals surface area contributed by atoms with Crippen LogP contribution in [0.3, 0.4) is 0 Å². The molecular formula is C18H18FN3O2. The van der Waals surface area contributed by atoms with Gasteiger partial charge in [0.05, 0.1) is 5.69 Å². The van der Waals surface area contributed by atoms with Crippen molar-refractivity contribution in [3.8, 4) is 0 Å². The first-order valence-electron chi connectivity index (χ1n) is 7.77. The van der Waals surface area contributed by atoms with Crippen molar-refractivity contribution in [2.24, 2.45) is 0 Å². The first kappa shape index (κ1) is 16.0. The third-order valence-corrected chi connectivity index (χ3v) is 3.91. The molecule has 0 unspecified atom stereocenters. The number of anilines is 1. The molecule has 24 heavy (non-hydrogen) atoms. The summed E-state index contributed by atoms with van der Waals surface area (Å²) < 4.78 is 13.8. The number of carbonyl (C=O) groups is 2. The van der Waals surface area contributed by atoms with E-state index in [0.29, 0.717) is 19.6 Å². The van der Waals surface area contributed by atoms with Gasteiger partial charge in [-0.3, -0.25) is 9.69 Å². The van der Waals surface area contributed by atoms with E-state index >= 15 is 0 Å². The predicted molar refractivity (Wildman–Crippen MR) is 89.0 cm³/mol. The van der Waals surface area contributed by atoms with Crippen molar-refractivity contribution in [1.29, 1.82) is 0 Å². The SMILES string of the molecule is O=C(CN1CCN(c2ccccc2F)C1=O)NCc1ccccc1. The molecule has 1 fully saturated rings. The van der Waals surface area contributed by atoms with E-state index in [1.807, 2.05) is 30.3 Å². The Morgan fingerprint density at radius 1 is 1.04 bits per heavy atom. The number of urea groups is 1. The standard InChI is InChI=1S/C18H18FN3O2/c19-15-8-4-5-9-16(15)22-11-10-21(18(22)24)13-17(23)20-12-14-6-2-1-3-7-14/h1-9H,10-13H2,(H,20,23). The van der Waals surface area contributed by atoms with Crippen molar-refractivity contribution in [1.82, 2.24) is 10.2 Å². The van der Waals surface area contributed by atoms with Crippen LogP contribution in [0.2, 0.25) is 0 Å². The summed E-state index contributed by atoms with van der Waals surface area (Å²) in [6.45, 7) is 1.15. The maximum atomic E-state index is 13.8. The van der Waals surface area contributed by atoms with E-state index in [-0.39, 0.29) is 24.2 Å². The van der Waals surface area contributed by atoms with Crippen LogP contribution in [0.1, 0.15) is 5.56 Å². The minimum Gasteiger partial charge on any atom is -0.350 e. The molecule has 1 aliphatic rings. The Kier molecular flexibility index (Phi) is 4.74. The largest absolute Gasteiger partial charge is 0.350 e. The number of para-hydroxylation sites is 1. The molecule has 1 N–H and O–H groups in total. The Bertz CT molecular complexity index is 736. The van der Waals surface area contributed by atoms with Crippen molar-refractivity contribution < 1.29 is 14.0 Å². The Balaban J connectivity index is 1.56. The van der Waals surface area contributed by atoms with E-state index in [2.05, 4.69) is 5.32 Å². The first-order valence-corrected chi connectivity index (χ1v) is 7.77. The zero-order chi connectivity index (χ0) is 16.9. The molecule has 2 aromatic carbocycles. The Morgan fingerprint density at radius 3 is 2.50 bits per heavy atom. The number of hydrogen-bond acceptors (Lipinski definition) is 2. The van der Waals surface area contributed by atoms with Gasteiger partial charge in [0.2, 0.25) is 5.91 Å². The lowest BCUT2D eigenvalue weighted by atomic mass is 10.2. The summed E-state index contributed by atoms with van der Waals surface area (Å²) in [6, 6.07) is 15.3. The Labute approximate surface area is 139 Å². The van der Waals surface area contributed by atoms with Gasteiger partial charge >= 0.3 is 6.03 Å². The molecular weight excluding hydrogens is 309 g/mol. The topological polar surface area (TPSA) is 52.7 Å². The van der Waals surface area contributed by atoms with E-state index in [4.69, 9.17) is 0 Å². The smallest absolute Gasteiger partial charge is 0.325 e. The summed E-state index contributed by atoms with van der Waals surface area (Å²) in [5.41, 5.74) is 1.24. The van der Waals surface area contributed by atoms with E-state index in [9.17, 15) is 14.0 Å². The Morgan fingerprint density at radius 2 is 1.75 bits per heavy atom. The van der Waals surface area contributed by atoms with Crippen LogP contribution in [-0.4, -0.2) is 36.5 Å². The van der Waals surface area contributed by atoms with E-state index < -0.39 is 5.82 Å². The van der Waals surface area contributed by atoms with Gasteiger partial charge in [0.1, 0.15) is 12.4 Å². The van der Waals surface area contributed by atoms with Gasteiger partial charge in [0, 0.05) is 19.6 Å². The van der Waals surface area contributed by atoms with Gasteiger partial charge in [-0.2, -0.15) is 0 Å². The monoisotopic (exact) mass is 327 g/mol. The maximum absolute atomic E-state index is 13.8. The van der Waals surface area contributed by atoms with Crippen LogP contribution in [0.5, 0.6) is 0 Å². The van der Waals surface area contributed by atoms with Gasteiger partial charge in [-0.1, -0.05) is 42.5 Å². The fourth-order valence-corrected chi connectivity index (χ4v) is 2.65. The molecule has 3 amide bonds. The molecule has 0 radical (unpaired) electrons. The van der Waals surface area contributed by atoms with Crippen LogP contribution in [0, 0.1) is 5.82 Å². The third-order valence-electron chi connectivity index (χ3n) is 3.91. The number of benzene rings is 2. The first-order chi connectivity index (χ1) is 11.6. The third kappa shape index (κ3) is 3.53. The number of halogens is 1. The predicted octanol–water partition coefficient (Wildman–Crippen LogP) is 2.38. The molecule has 1 heterocycles. The molecule has 3 rings (SSSR count). The number of amides is 3. The fourth-order valence-electron chi connectivity index (χ4n) is 2.65. The summed E-state index contributed by atoms with van der Waals surface area (Å²) in [5.74, 6) is -0.677. The Hall–Kier alpha value is -2.89. The van der Waals surface area contributed by atoms with Gasteiger partial charge in [-0.25, -0.2) is 9.18 Å². The van der Waals surface area contributed by atoms with Gasteiger partial charge in [-0.15, -0.1) is 0 Å². The van der Waals surface area contributed by atoms with Gasteiger partial charge in [0.15, 0.2) is 0 Å². The van der Waals surface area contributed by atoms with E-state index in [1.54, 1.807) is 18.2 Å². The second-order valence-corrected chi connectivity index (χ2v) is 5.57. The molecule has 0 aromatic heterocycles. The lowest BCUT2D eigenvalue weighted by Gasteiger charge is -2.18. The van der Waals surface area contributed by atoms with Crippen LogP contribution in [0.25, 0.3) is 0 Å². The average molecular weight is 327 g/mol. The van der Waals surface area contributed by atoms with Crippen molar-refractivity contribution in [2.45, 2.75) is 6.54 Å². The van der Waals surface area contributed by atoms with Gasteiger partial charge in [-0.05, 0) is 17.7 Å². The summed E-state index contributed by atoms with van der Waals surface area (Å²) in [4.78, 5) is 27.2. The quantitative estimate of drug-likeness (QED) is 0.917. The number of hydrogen-bond donors (Lipinski definition) is 1. The number of rotatable bonds is 5. The van der Waals surface area contributed by atoms with Crippen LogP contribution in [0.4, 0.5) is 14.9 Å². The number of nitrogens with one attached hydrogen (secondary N) is 1. The highest BCUT2D eigenvalue weighted by Crippen LogP contribution is 2.23. The molecule has 1 saturated heterocycles. The molecule has 124 valence electrons. The fraction of sp³-hybridized carbons (Fsp3) is 0.222. The minimum absolute atomic E-state index is 0.0311. The van der Waals surface area contributed by atoms with Crippen molar-refractivity contribution >= 4 is 17.6 Å². The molecule has 5 nitrogen and oxygen atoms in total. The van der Waals surface area contributed by atoms with E-state index in [1.165, 1.54) is 15.9 Å². The van der Waals surface area contributed by atoms with Crippen molar-refractivity contribution in [2.75, 3.05) is 24.5 Å². The van der Waals surface area contributed by atoms with Crippen LogP contribution < -0.4 is 10.2 Å². The van der Waals surface area contributed by atoms with Crippen molar-refractivity contribution in [3.05, 3.63) is 66.0 Å². The molecule has 0 saturated carbocycles. The minimum atomic E-state index is -0.443. The molecule has 0 bridgehead atoms. The lowest BCUT2D eigenvalue weighted by molar-refractivity contribution is -0.121. The van der Waals surface area contributed by atoms with Gasteiger partial charge in [0.25, 0.3) is 0 Å².